The molecule has 1 N–H and O–H groups in total. The van der Waals surface area contributed by atoms with Crippen LogP contribution < -0.4 is 5.32 Å². The van der Waals surface area contributed by atoms with Gasteiger partial charge in [-0.25, -0.2) is 9.97 Å². The first-order valence-electron chi connectivity index (χ1n) is 8.20. The summed E-state index contributed by atoms with van der Waals surface area (Å²) < 4.78 is 0. The van der Waals surface area contributed by atoms with E-state index in [0.29, 0.717) is 6.54 Å². The van der Waals surface area contributed by atoms with E-state index < -0.39 is 0 Å². The molecule has 21 heavy (non-hydrogen) atoms. The third-order valence-electron chi connectivity index (χ3n) is 5.78. The Labute approximate surface area is 125 Å². The Morgan fingerprint density at radius 1 is 1.24 bits per heavy atom. The fraction of sp³-hybridized carbons (Fsp3) is 0.706. The second-order valence-corrected chi connectivity index (χ2v) is 7.48. The van der Waals surface area contributed by atoms with Crippen LogP contribution in [0, 0.1) is 30.1 Å². The van der Waals surface area contributed by atoms with Gasteiger partial charge in [-0.1, -0.05) is 0 Å². The zero-order valence-corrected chi connectivity index (χ0v) is 12.6. The molecule has 4 aliphatic carbocycles. The maximum atomic E-state index is 12.8. The van der Waals surface area contributed by atoms with Gasteiger partial charge in [-0.3, -0.25) is 4.79 Å². The highest BCUT2D eigenvalue weighted by atomic mass is 16.2. The zero-order valence-electron chi connectivity index (χ0n) is 12.6. The molecule has 5 rings (SSSR count). The smallest absolute Gasteiger partial charge is 0.226 e. The number of aryl methyl sites for hydroxylation is 1. The van der Waals surface area contributed by atoms with Gasteiger partial charge in [-0.05, 0) is 69.3 Å². The van der Waals surface area contributed by atoms with Gasteiger partial charge in [0.05, 0.1) is 12.2 Å². The molecule has 4 nitrogen and oxygen atoms in total. The molecule has 4 saturated carbocycles. The van der Waals surface area contributed by atoms with Crippen LogP contribution in [0.1, 0.15) is 50.0 Å². The van der Waals surface area contributed by atoms with Crippen LogP contribution >= 0.6 is 0 Å². The normalized spacial score (nSPS) is 36.7. The van der Waals surface area contributed by atoms with Crippen LogP contribution in [-0.2, 0) is 11.3 Å². The van der Waals surface area contributed by atoms with Gasteiger partial charge in [0.15, 0.2) is 0 Å². The van der Waals surface area contributed by atoms with E-state index in [1.807, 2.05) is 13.0 Å². The summed E-state index contributed by atoms with van der Waals surface area (Å²) in [5.74, 6) is 3.46. The van der Waals surface area contributed by atoms with Crippen molar-refractivity contribution in [2.24, 2.45) is 23.2 Å². The highest BCUT2D eigenvalue weighted by Gasteiger charge is 2.54. The molecule has 0 radical (unpaired) electrons. The van der Waals surface area contributed by atoms with Crippen molar-refractivity contribution in [1.29, 1.82) is 0 Å². The quantitative estimate of drug-likeness (QED) is 0.928. The molecular formula is C17H23N3O. The van der Waals surface area contributed by atoms with Gasteiger partial charge in [-0.2, -0.15) is 0 Å². The molecule has 4 heteroatoms. The molecule has 1 heterocycles. The summed E-state index contributed by atoms with van der Waals surface area (Å²) in [6, 6.07) is 1.88. The van der Waals surface area contributed by atoms with E-state index in [2.05, 4.69) is 15.3 Å². The first-order valence-corrected chi connectivity index (χ1v) is 8.20. The minimum atomic E-state index is -0.0587. The molecule has 0 aliphatic heterocycles. The number of nitrogens with zero attached hydrogens (tertiary/aromatic N) is 2. The lowest BCUT2D eigenvalue weighted by molar-refractivity contribution is -0.146. The van der Waals surface area contributed by atoms with Crippen molar-refractivity contribution >= 4 is 5.91 Å². The predicted molar refractivity (Wildman–Crippen MR) is 79.2 cm³/mol. The Morgan fingerprint density at radius 3 is 2.43 bits per heavy atom. The number of hydrogen-bond donors (Lipinski definition) is 1. The highest BCUT2D eigenvalue weighted by Crippen LogP contribution is 2.60. The molecule has 112 valence electrons. The molecule has 4 fully saturated rings. The molecule has 0 aromatic carbocycles. The first-order chi connectivity index (χ1) is 10.1. The van der Waals surface area contributed by atoms with Gasteiger partial charge in [0.2, 0.25) is 5.91 Å². The molecule has 0 atom stereocenters. The second-order valence-electron chi connectivity index (χ2n) is 7.48. The maximum Gasteiger partial charge on any atom is 0.226 e. The number of amides is 1. The number of carbonyl (C=O) groups excluding carboxylic acids is 1. The lowest BCUT2D eigenvalue weighted by atomic mass is 9.49. The molecule has 4 bridgehead atoms. The predicted octanol–water partition coefficient (Wildman–Crippen LogP) is 2.62. The Kier molecular flexibility index (Phi) is 3.02. The van der Waals surface area contributed by atoms with E-state index >= 15 is 0 Å². The molecule has 1 aromatic rings. The van der Waals surface area contributed by atoms with Crippen molar-refractivity contribution in [1.82, 2.24) is 15.3 Å². The zero-order chi connectivity index (χ0) is 14.4. The molecule has 1 amide bonds. The van der Waals surface area contributed by atoms with Crippen molar-refractivity contribution in [3.8, 4) is 0 Å². The minimum absolute atomic E-state index is 0.0587. The largest absolute Gasteiger partial charge is 0.350 e. The van der Waals surface area contributed by atoms with E-state index in [1.165, 1.54) is 19.3 Å². The van der Waals surface area contributed by atoms with Crippen molar-refractivity contribution in [3.63, 3.8) is 0 Å². The Bertz CT molecular complexity index is 534. The number of rotatable bonds is 3. The Balaban J connectivity index is 1.45. The summed E-state index contributed by atoms with van der Waals surface area (Å²) in [4.78, 5) is 21.3. The van der Waals surface area contributed by atoms with Crippen LogP contribution in [0.15, 0.2) is 12.3 Å². The molecular weight excluding hydrogens is 262 g/mol. The highest BCUT2D eigenvalue weighted by molar-refractivity contribution is 5.83. The Hall–Kier alpha value is -1.45. The summed E-state index contributed by atoms with van der Waals surface area (Å²) >= 11 is 0. The van der Waals surface area contributed by atoms with Crippen LogP contribution in [0.5, 0.6) is 0 Å². The second kappa shape index (κ2) is 4.79. The fourth-order valence-corrected chi connectivity index (χ4v) is 5.35. The van der Waals surface area contributed by atoms with E-state index in [1.54, 1.807) is 6.20 Å². The minimum Gasteiger partial charge on any atom is -0.350 e. The van der Waals surface area contributed by atoms with Crippen molar-refractivity contribution < 1.29 is 4.79 Å². The van der Waals surface area contributed by atoms with Crippen LogP contribution in [-0.4, -0.2) is 15.9 Å². The molecule has 0 spiro atoms. The van der Waals surface area contributed by atoms with Gasteiger partial charge < -0.3 is 5.32 Å². The molecule has 0 saturated heterocycles. The van der Waals surface area contributed by atoms with Gasteiger partial charge in [0.25, 0.3) is 0 Å². The monoisotopic (exact) mass is 285 g/mol. The van der Waals surface area contributed by atoms with E-state index in [9.17, 15) is 4.79 Å². The standard InChI is InChI=1S/C17H23N3O/c1-11-18-3-2-15(20-11)10-19-16(21)17-7-12-4-13(8-17)6-14(5-12)9-17/h2-3,12-14H,4-10H2,1H3,(H,19,21). The molecule has 0 unspecified atom stereocenters. The number of carbonyl (C=O) groups is 1. The summed E-state index contributed by atoms with van der Waals surface area (Å²) in [7, 11) is 0. The molecule has 4 aliphatic rings. The van der Waals surface area contributed by atoms with Crippen LogP contribution in [0.25, 0.3) is 0 Å². The van der Waals surface area contributed by atoms with Gasteiger partial charge in [0, 0.05) is 11.6 Å². The number of hydrogen-bond acceptors (Lipinski definition) is 3. The van der Waals surface area contributed by atoms with Crippen LogP contribution in [0.3, 0.4) is 0 Å². The summed E-state index contributed by atoms with van der Waals surface area (Å²) in [6.45, 7) is 2.41. The van der Waals surface area contributed by atoms with Gasteiger partial charge >= 0.3 is 0 Å². The number of aromatic nitrogens is 2. The molecule has 1 aromatic heterocycles. The topological polar surface area (TPSA) is 54.9 Å². The summed E-state index contributed by atoms with van der Waals surface area (Å²) in [6.07, 6.45) is 9.23. The van der Waals surface area contributed by atoms with Gasteiger partial charge in [-0.15, -0.1) is 0 Å². The van der Waals surface area contributed by atoms with E-state index in [-0.39, 0.29) is 11.3 Å². The third kappa shape index (κ3) is 2.34. The lowest BCUT2D eigenvalue weighted by Crippen LogP contribution is -2.53. The van der Waals surface area contributed by atoms with Gasteiger partial charge in [0.1, 0.15) is 5.82 Å². The Morgan fingerprint density at radius 2 is 1.86 bits per heavy atom. The van der Waals surface area contributed by atoms with E-state index in [4.69, 9.17) is 0 Å². The third-order valence-corrected chi connectivity index (χ3v) is 5.78. The maximum absolute atomic E-state index is 12.8. The van der Waals surface area contributed by atoms with Crippen LogP contribution in [0.2, 0.25) is 0 Å². The fourth-order valence-electron chi connectivity index (χ4n) is 5.35. The van der Waals surface area contributed by atoms with Crippen molar-refractivity contribution in [3.05, 3.63) is 23.8 Å². The van der Waals surface area contributed by atoms with Crippen LogP contribution in [0.4, 0.5) is 0 Å². The number of nitrogens with one attached hydrogen (secondary N) is 1. The van der Waals surface area contributed by atoms with Crippen molar-refractivity contribution in [2.75, 3.05) is 0 Å². The SMILES string of the molecule is Cc1nccc(CNC(=O)C23CC4CC(CC(C4)C2)C3)n1. The average Bonchev–Trinajstić information content (AvgIpc) is 2.43. The lowest BCUT2D eigenvalue weighted by Gasteiger charge is -2.55. The average molecular weight is 285 g/mol. The summed E-state index contributed by atoms with van der Waals surface area (Å²) in [5.41, 5.74) is 0.845. The summed E-state index contributed by atoms with van der Waals surface area (Å²) in [5, 5.41) is 3.15. The first kappa shape index (κ1) is 13.2. The van der Waals surface area contributed by atoms with Crippen molar-refractivity contribution in [2.45, 2.75) is 52.0 Å². The van der Waals surface area contributed by atoms with E-state index in [0.717, 1.165) is 48.5 Å².